The Morgan fingerprint density at radius 1 is 1.47 bits per heavy atom. The predicted molar refractivity (Wildman–Crippen MR) is 61.6 cm³/mol. The number of pyridine rings is 1. The zero-order valence-corrected chi connectivity index (χ0v) is 9.57. The molecule has 0 saturated heterocycles. The van der Waals surface area contributed by atoms with Crippen LogP contribution in [0.25, 0.3) is 0 Å². The molecule has 0 fully saturated rings. The highest BCUT2D eigenvalue weighted by Crippen LogP contribution is 1.94. The molecule has 0 amide bonds. The third kappa shape index (κ3) is 6.20. The van der Waals surface area contributed by atoms with E-state index in [0.29, 0.717) is 5.92 Å². The maximum Gasteiger partial charge on any atom is 0.0591 e. The maximum absolute atomic E-state index is 5.45. The third-order valence-corrected chi connectivity index (χ3v) is 1.93. The van der Waals surface area contributed by atoms with Crippen LogP contribution in [0.5, 0.6) is 0 Å². The Bertz CT molecular complexity index is 249. The maximum atomic E-state index is 5.45. The van der Waals surface area contributed by atoms with Gasteiger partial charge in [-0.05, 0) is 17.5 Å². The number of hydrogen-bond acceptors (Lipinski definition) is 3. The van der Waals surface area contributed by atoms with Crippen molar-refractivity contribution in [3.05, 3.63) is 30.1 Å². The number of nitrogens with zero attached hydrogens (tertiary/aromatic N) is 1. The molecule has 1 rings (SSSR count). The predicted octanol–water partition coefficient (Wildman–Crippen LogP) is 1.84. The molecule has 0 spiro atoms. The molecule has 0 saturated carbocycles. The van der Waals surface area contributed by atoms with Gasteiger partial charge >= 0.3 is 0 Å². The van der Waals surface area contributed by atoms with Crippen molar-refractivity contribution in [2.45, 2.75) is 20.4 Å². The normalized spacial score (nSPS) is 10.9. The lowest BCUT2D eigenvalue weighted by atomic mass is 10.2. The van der Waals surface area contributed by atoms with Gasteiger partial charge in [0, 0.05) is 32.1 Å². The van der Waals surface area contributed by atoms with Crippen LogP contribution in [0.1, 0.15) is 19.4 Å². The molecule has 0 aliphatic carbocycles. The lowest BCUT2D eigenvalue weighted by molar-refractivity contribution is 0.111. The van der Waals surface area contributed by atoms with Crippen molar-refractivity contribution in [3.63, 3.8) is 0 Å². The van der Waals surface area contributed by atoms with Gasteiger partial charge in [0.05, 0.1) is 6.61 Å². The second kappa shape index (κ2) is 7.37. The van der Waals surface area contributed by atoms with E-state index in [1.54, 1.807) is 6.20 Å². The number of aromatic nitrogens is 1. The quantitative estimate of drug-likeness (QED) is 0.694. The number of hydrogen-bond donors (Lipinski definition) is 1. The van der Waals surface area contributed by atoms with E-state index in [2.05, 4.69) is 30.2 Å². The lowest BCUT2D eigenvalue weighted by Gasteiger charge is -2.07. The molecule has 0 radical (unpaired) electrons. The molecular formula is C12H20N2O. The monoisotopic (exact) mass is 208 g/mol. The van der Waals surface area contributed by atoms with Crippen molar-refractivity contribution >= 4 is 0 Å². The second-order valence-electron chi connectivity index (χ2n) is 4.01. The summed E-state index contributed by atoms with van der Waals surface area (Å²) in [6, 6.07) is 4.02. The molecule has 0 aliphatic rings. The fourth-order valence-corrected chi connectivity index (χ4v) is 1.20. The van der Waals surface area contributed by atoms with E-state index in [4.69, 9.17) is 4.74 Å². The Kier molecular flexibility index (Phi) is 5.97. The Morgan fingerprint density at radius 3 is 3.00 bits per heavy atom. The first kappa shape index (κ1) is 12.1. The summed E-state index contributed by atoms with van der Waals surface area (Å²) in [6.07, 6.45) is 3.66. The number of rotatable bonds is 7. The van der Waals surface area contributed by atoms with Crippen LogP contribution < -0.4 is 5.32 Å². The molecule has 0 bridgehead atoms. The van der Waals surface area contributed by atoms with Gasteiger partial charge in [-0.3, -0.25) is 4.98 Å². The van der Waals surface area contributed by atoms with E-state index in [1.165, 1.54) is 5.56 Å². The minimum atomic E-state index is 0.614. The van der Waals surface area contributed by atoms with Crippen molar-refractivity contribution in [2.75, 3.05) is 19.8 Å². The van der Waals surface area contributed by atoms with Crippen LogP contribution in [0.15, 0.2) is 24.5 Å². The smallest absolute Gasteiger partial charge is 0.0591 e. The van der Waals surface area contributed by atoms with Crippen LogP contribution in [-0.4, -0.2) is 24.7 Å². The fraction of sp³-hybridized carbons (Fsp3) is 0.583. The third-order valence-electron chi connectivity index (χ3n) is 1.93. The van der Waals surface area contributed by atoms with E-state index in [0.717, 1.165) is 26.3 Å². The summed E-state index contributed by atoms with van der Waals surface area (Å²) in [4.78, 5) is 4.05. The van der Waals surface area contributed by atoms with Crippen LogP contribution in [0.2, 0.25) is 0 Å². The minimum absolute atomic E-state index is 0.614. The van der Waals surface area contributed by atoms with Crippen molar-refractivity contribution < 1.29 is 4.74 Å². The van der Waals surface area contributed by atoms with Crippen LogP contribution in [0, 0.1) is 5.92 Å². The molecule has 3 nitrogen and oxygen atoms in total. The van der Waals surface area contributed by atoms with Gasteiger partial charge in [0.2, 0.25) is 0 Å². The Morgan fingerprint density at radius 2 is 2.33 bits per heavy atom. The van der Waals surface area contributed by atoms with Gasteiger partial charge in [0.15, 0.2) is 0 Å². The van der Waals surface area contributed by atoms with Gasteiger partial charge in [-0.2, -0.15) is 0 Å². The summed E-state index contributed by atoms with van der Waals surface area (Å²) >= 11 is 0. The highest BCUT2D eigenvalue weighted by Gasteiger charge is 1.94. The van der Waals surface area contributed by atoms with Crippen molar-refractivity contribution in [2.24, 2.45) is 5.92 Å². The fourth-order valence-electron chi connectivity index (χ4n) is 1.20. The highest BCUT2D eigenvalue weighted by atomic mass is 16.5. The zero-order valence-electron chi connectivity index (χ0n) is 9.57. The molecular weight excluding hydrogens is 188 g/mol. The molecule has 0 aromatic carbocycles. The van der Waals surface area contributed by atoms with Gasteiger partial charge in [0.25, 0.3) is 0 Å². The van der Waals surface area contributed by atoms with Gasteiger partial charge in [-0.1, -0.05) is 19.9 Å². The van der Waals surface area contributed by atoms with Crippen molar-refractivity contribution in [1.29, 1.82) is 0 Å². The summed E-state index contributed by atoms with van der Waals surface area (Å²) in [6.45, 7) is 7.68. The van der Waals surface area contributed by atoms with E-state index in [-0.39, 0.29) is 0 Å². The average molecular weight is 208 g/mol. The van der Waals surface area contributed by atoms with Gasteiger partial charge in [0.1, 0.15) is 0 Å². The Labute approximate surface area is 91.9 Å². The van der Waals surface area contributed by atoms with E-state index in [9.17, 15) is 0 Å². The van der Waals surface area contributed by atoms with Crippen molar-refractivity contribution in [3.8, 4) is 0 Å². The van der Waals surface area contributed by atoms with Crippen molar-refractivity contribution in [1.82, 2.24) is 10.3 Å². The zero-order chi connectivity index (χ0) is 10.9. The number of ether oxygens (including phenoxy) is 1. The van der Waals surface area contributed by atoms with E-state index in [1.807, 2.05) is 12.3 Å². The lowest BCUT2D eigenvalue weighted by Crippen LogP contribution is -2.20. The number of nitrogens with one attached hydrogen (secondary N) is 1. The standard InChI is InChI=1S/C12H20N2O/c1-11(2)10-15-7-6-14-9-12-4-3-5-13-8-12/h3-5,8,11,14H,6-7,9-10H2,1-2H3. The second-order valence-corrected chi connectivity index (χ2v) is 4.01. The van der Waals surface area contributed by atoms with Crippen LogP contribution in [-0.2, 0) is 11.3 Å². The molecule has 1 aromatic rings. The van der Waals surface area contributed by atoms with Crippen LogP contribution in [0.4, 0.5) is 0 Å². The van der Waals surface area contributed by atoms with Gasteiger partial charge in [-0.25, -0.2) is 0 Å². The molecule has 84 valence electrons. The minimum Gasteiger partial charge on any atom is -0.380 e. The molecule has 0 aliphatic heterocycles. The Hall–Kier alpha value is -0.930. The van der Waals surface area contributed by atoms with E-state index < -0.39 is 0 Å². The van der Waals surface area contributed by atoms with E-state index >= 15 is 0 Å². The molecule has 0 atom stereocenters. The molecule has 1 aromatic heterocycles. The SMILES string of the molecule is CC(C)COCCNCc1cccnc1. The molecule has 15 heavy (non-hydrogen) atoms. The van der Waals surface area contributed by atoms with Crippen LogP contribution >= 0.6 is 0 Å². The van der Waals surface area contributed by atoms with Crippen LogP contribution in [0.3, 0.4) is 0 Å². The molecule has 1 N–H and O–H groups in total. The summed E-state index contributed by atoms with van der Waals surface area (Å²) in [5.74, 6) is 0.614. The van der Waals surface area contributed by atoms with Gasteiger partial charge < -0.3 is 10.1 Å². The average Bonchev–Trinajstić information content (AvgIpc) is 2.24. The largest absolute Gasteiger partial charge is 0.380 e. The first-order valence-electron chi connectivity index (χ1n) is 5.46. The highest BCUT2D eigenvalue weighted by molar-refractivity contribution is 5.07. The summed E-state index contributed by atoms with van der Waals surface area (Å²) < 4.78 is 5.45. The molecule has 3 heteroatoms. The summed E-state index contributed by atoms with van der Waals surface area (Å²) in [5, 5.41) is 3.31. The molecule has 0 unspecified atom stereocenters. The summed E-state index contributed by atoms with van der Waals surface area (Å²) in [5.41, 5.74) is 1.21. The first-order valence-corrected chi connectivity index (χ1v) is 5.46. The molecule has 1 heterocycles. The summed E-state index contributed by atoms with van der Waals surface area (Å²) in [7, 11) is 0. The topological polar surface area (TPSA) is 34.1 Å². The van der Waals surface area contributed by atoms with Gasteiger partial charge in [-0.15, -0.1) is 0 Å². The first-order chi connectivity index (χ1) is 7.29. The Balaban J connectivity index is 1.98.